The van der Waals surface area contributed by atoms with Crippen molar-refractivity contribution in [1.82, 2.24) is 4.98 Å². The van der Waals surface area contributed by atoms with Crippen molar-refractivity contribution in [2.24, 2.45) is 5.73 Å². The van der Waals surface area contributed by atoms with Gasteiger partial charge in [-0.15, -0.1) is 11.3 Å². The summed E-state index contributed by atoms with van der Waals surface area (Å²) in [4.78, 5) is 16.9. The molecule has 4 nitrogen and oxygen atoms in total. The van der Waals surface area contributed by atoms with E-state index in [1.165, 1.54) is 11.3 Å². The number of aromatic nitrogens is 1. The van der Waals surface area contributed by atoms with Crippen molar-refractivity contribution >= 4 is 22.4 Å². The van der Waals surface area contributed by atoms with Gasteiger partial charge in [-0.2, -0.15) is 0 Å². The van der Waals surface area contributed by atoms with E-state index in [9.17, 15) is 4.79 Å². The van der Waals surface area contributed by atoms with E-state index in [1.807, 2.05) is 0 Å². The highest BCUT2D eigenvalue weighted by molar-refractivity contribution is 7.15. The van der Waals surface area contributed by atoms with Gasteiger partial charge in [0, 0.05) is 4.88 Å². The van der Waals surface area contributed by atoms with Crippen molar-refractivity contribution in [3.8, 4) is 0 Å². The maximum atomic E-state index is 11.3. The van der Waals surface area contributed by atoms with Gasteiger partial charge < -0.3 is 11.1 Å². The molecule has 5 heteroatoms. The molecule has 0 aromatic carbocycles. The number of hydrogen-bond donors (Lipinski definition) is 2. The summed E-state index contributed by atoms with van der Waals surface area (Å²) in [6.45, 7) is 1.66. The van der Waals surface area contributed by atoms with Crippen LogP contribution in [-0.2, 0) is 17.6 Å². The molecule has 1 heterocycles. The maximum absolute atomic E-state index is 11.3. The van der Waals surface area contributed by atoms with Crippen LogP contribution in [0.1, 0.15) is 23.9 Å². The fourth-order valence-electron chi connectivity index (χ4n) is 1.46. The summed E-state index contributed by atoms with van der Waals surface area (Å²) in [6, 6.07) is -0.478. The van der Waals surface area contributed by atoms with Crippen LogP contribution < -0.4 is 11.1 Å². The first-order chi connectivity index (χ1) is 6.66. The molecule has 1 aromatic rings. The number of thiazole rings is 1. The van der Waals surface area contributed by atoms with Crippen LogP contribution in [0.5, 0.6) is 0 Å². The number of carbonyl (C=O) groups is 1. The fourth-order valence-corrected chi connectivity index (χ4v) is 2.52. The van der Waals surface area contributed by atoms with Crippen molar-refractivity contribution in [3.63, 3.8) is 0 Å². The van der Waals surface area contributed by atoms with Gasteiger partial charge in [0.25, 0.3) is 0 Å². The molecule has 2 rings (SSSR count). The number of fused-ring (bicyclic) bond motifs is 1. The summed E-state index contributed by atoms with van der Waals surface area (Å²) in [5, 5.41) is 3.41. The minimum absolute atomic E-state index is 0.169. The lowest BCUT2D eigenvalue weighted by Gasteiger charge is -2.03. The molecule has 3 N–H and O–H groups in total. The van der Waals surface area contributed by atoms with Crippen LogP contribution in [0.15, 0.2) is 0 Å². The van der Waals surface area contributed by atoms with Gasteiger partial charge in [0.1, 0.15) is 0 Å². The van der Waals surface area contributed by atoms with Gasteiger partial charge >= 0.3 is 0 Å². The van der Waals surface area contributed by atoms with Gasteiger partial charge in [-0.05, 0) is 26.2 Å². The lowest BCUT2D eigenvalue weighted by atomic mass is 10.3. The van der Waals surface area contributed by atoms with Gasteiger partial charge in [0.05, 0.1) is 11.7 Å². The molecule has 0 bridgehead atoms. The Morgan fingerprint density at radius 3 is 3.07 bits per heavy atom. The molecule has 0 aliphatic heterocycles. The van der Waals surface area contributed by atoms with Crippen molar-refractivity contribution in [2.75, 3.05) is 5.32 Å². The lowest BCUT2D eigenvalue weighted by Crippen LogP contribution is -2.32. The highest BCUT2D eigenvalue weighted by atomic mass is 32.1. The number of nitrogens with two attached hydrogens (primary N) is 1. The van der Waals surface area contributed by atoms with Crippen LogP contribution in [0, 0.1) is 0 Å². The molecule has 0 saturated heterocycles. The van der Waals surface area contributed by atoms with Crippen molar-refractivity contribution in [3.05, 3.63) is 10.6 Å². The Labute approximate surface area is 86.5 Å². The summed E-state index contributed by atoms with van der Waals surface area (Å²) in [5.41, 5.74) is 6.59. The molecule has 76 valence electrons. The zero-order chi connectivity index (χ0) is 10.1. The smallest absolute Gasteiger partial charge is 0.242 e. The molecule has 1 aromatic heterocycles. The fraction of sp³-hybridized carbons (Fsp3) is 0.556. The monoisotopic (exact) mass is 211 g/mol. The highest BCUT2D eigenvalue weighted by Crippen LogP contribution is 2.30. The van der Waals surface area contributed by atoms with E-state index in [1.54, 1.807) is 18.3 Å². The average Bonchev–Trinajstić information content (AvgIpc) is 2.63. The largest absolute Gasteiger partial charge is 0.320 e. The summed E-state index contributed by atoms with van der Waals surface area (Å²) >= 11 is 1.57. The topological polar surface area (TPSA) is 68.0 Å². The Kier molecular flexibility index (Phi) is 2.52. The second-order valence-corrected chi connectivity index (χ2v) is 4.60. The zero-order valence-corrected chi connectivity index (χ0v) is 8.86. The predicted octanol–water partition coefficient (Wildman–Crippen LogP) is 0.918. The van der Waals surface area contributed by atoms with Crippen LogP contribution in [0.25, 0.3) is 0 Å². The Bertz CT molecular complexity index is 337. The molecule has 0 saturated carbocycles. The van der Waals surface area contributed by atoms with E-state index in [4.69, 9.17) is 5.73 Å². The average molecular weight is 211 g/mol. The van der Waals surface area contributed by atoms with E-state index >= 15 is 0 Å². The van der Waals surface area contributed by atoms with E-state index in [2.05, 4.69) is 10.3 Å². The van der Waals surface area contributed by atoms with Crippen LogP contribution in [0.4, 0.5) is 5.13 Å². The SMILES string of the molecule is C[C@H](N)C(=O)Nc1nc2c(s1)CCC2. The first-order valence-electron chi connectivity index (χ1n) is 4.72. The number of carbonyl (C=O) groups excluding carboxylic acids is 1. The zero-order valence-electron chi connectivity index (χ0n) is 8.04. The second-order valence-electron chi connectivity index (χ2n) is 3.52. The van der Waals surface area contributed by atoms with E-state index < -0.39 is 6.04 Å². The maximum Gasteiger partial charge on any atom is 0.242 e. The van der Waals surface area contributed by atoms with E-state index in [0.717, 1.165) is 18.5 Å². The third-order valence-corrected chi connectivity index (χ3v) is 3.31. The molecule has 0 fully saturated rings. The molecule has 1 amide bonds. The van der Waals surface area contributed by atoms with Crippen LogP contribution in [0.3, 0.4) is 0 Å². The Morgan fingerprint density at radius 1 is 1.64 bits per heavy atom. The molecule has 1 aliphatic carbocycles. The number of amides is 1. The quantitative estimate of drug-likeness (QED) is 0.764. The summed E-state index contributed by atoms with van der Waals surface area (Å²) in [6.07, 6.45) is 3.33. The molecule has 0 radical (unpaired) electrons. The number of rotatable bonds is 2. The molecule has 14 heavy (non-hydrogen) atoms. The minimum atomic E-state index is -0.478. The summed E-state index contributed by atoms with van der Waals surface area (Å²) in [5.74, 6) is -0.169. The van der Waals surface area contributed by atoms with E-state index in [0.29, 0.717) is 5.13 Å². The normalized spacial score (nSPS) is 16.4. The van der Waals surface area contributed by atoms with Gasteiger partial charge in [-0.3, -0.25) is 4.79 Å². The summed E-state index contributed by atoms with van der Waals surface area (Å²) < 4.78 is 0. The molecule has 1 aliphatic rings. The molecular formula is C9H13N3OS. The number of anilines is 1. The standard InChI is InChI=1S/C9H13N3OS/c1-5(10)8(13)12-9-11-6-3-2-4-7(6)14-9/h5H,2-4,10H2,1H3,(H,11,12,13)/t5-/m0/s1. The van der Waals surface area contributed by atoms with Gasteiger partial charge in [0.2, 0.25) is 5.91 Å². The van der Waals surface area contributed by atoms with Gasteiger partial charge in [-0.25, -0.2) is 4.98 Å². The second kappa shape index (κ2) is 3.67. The number of aryl methyl sites for hydroxylation is 2. The highest BCUT2D eigenvalue weighted by Gasteiger charge is 2.18. The summed E-state index contributed by atoms with van der Waals surface area (Å²) in [7, 11) is 0. The Balaban J connectivity index is 2.07. The molecule has 1 atom stereocenters. The Morgan fingerprint density at radius 2 is 2.43 bits per heavy atom. The predicted molar refractivity (Wildman–Crippen MR) is 56.4 cm³/mol. The van der Waals surface area contributed by atoms with Gasteiger partial charge in [-0.1, -0.05) is 0 Å². The Hall–Kier alpha value is -0.940. The van der Waals surface area contributed by atoms with Crippen LogP contribution in [0.2, 0.25) is 0 Å². The first-order valence-corrected chi connectivity index (χ1v) is 5.53. The number of hydrogen-bond acceptors (Lipinski definition) is 4. The first kappa shape index (κ1) is 9.61. The number of nitrogens with zero attached hydrogens (tertiary/aromatic N) is 1. The van der Waals surface area contributed by atoms with Crippen molar-refractivity contribution in [1.29, 1.82) is 0 Å². The lowest BCUT2D eigenvalue weighted by molar-refractivity contribution is -0.117. The van der Waals surface area contributed by atoms with Gasteiger partial charge in [0.15, 0.2) is 5.13 Å². The minimum Gasteiger partial charge on any atom is -0.320 e. The molecular weight excluding hydrogens is 198 g/mol. The molecule has 0 unspecified atom stereocenters. The van der Waals surface area contributed by atoms with Crippen LogP contribution in [-0.4, -0.2) is 16.9 Å². The third-order valence-electron chi connectivity index (χ3n) is 2.24. The van der Waals surface area contributed by atoms with Crippen molar-refractivity contribution in [2.45, 2.75) is 32.2 Å². The van der Waals surface area contributed by atoms with Crippen LogP contribution >= 0.6 is 11.3 Å². The third kappa shape index (κ3) is 1.78. The number of nitrogens with one attached hydrogen (secondary N) is 1. The molecule has 0 spiro atoms. The van der Waals surface area contributed by atoms with E-state index in [-0.39, 0.29) is 5.91 Å². The van der Waals surface area contributed by atoms with Crippen molar-refractivity contribution < 1.29 is 4.79 Å².